The summed E-state index contributed by atoms with van der Waals surface area (Å²) >= 11 is 0. The van der Waals surface area contributed by atoms with Gasteiger partial charge in [0.05, 0.1) is 17.5 Å². The first-order chi connectivity index (χ1) is 13.9. The van der Waals surface area contributed by atoms with Crippen LogP contribution in [0.4, 0.5) is 5.69 Å². The van der Waals surface area contributed by atoms with Crippen LogP contribution in [0, 0.1) is 0 Å². The molecule has 8 heteroatoms. The Hall–Kier alpha value is -3.26. The molecule has 0 bridgehead atoms. The van der Waals surface area contributed by atoms with Crippen molar-refractivity contribution < 1.29 is 12.9 Å². The first-order valence-electron chi connectivity index (χ1n) is 9.23. The molecule has 7 nitrogen and oxygen atoms in total. The molecule has 1 unspecified atom stereocenters. The molecule has 5 rings (SSSR count). The van der Waals surface area contributed by atoms with E-state index in [0.29, 0.717) is 29.5 Å². The lowest BCUT2D eigenvalue weighted by Crippen LogP contribution is -2.34. The fraction of sp³-hybridized carbons (Fsp3) is 0.190. The second-order valence-corrected chi connectivity index (χ2v) is 9.13. The Morgan fingerprint density at radius 2 is 1.90 bits per heavy atom. The molecule has 2 aromatic heterocycles. The molecule has 29 heavy (non-hydrogen) atoms. The van der Waals surface area contributed by atoms with Crippen molar-refractivity contribution in [3.8, 4) is 23.0 Å². The molecule has 0 radical (unpaired) electrons. The third-order valence-corrected chi connectivity index (χ3v) is 6.36. The summed E-state index contributed by atoms with van der Waals surface area (Å²) in [6.07, 6.45) is 1.87. The van der Waals surface area contributed by atoms with Crippen LogP contribution in [0.5, 0.6) is 0 Å². The number of anilines is 1. The van der Waals surface area contributed by atoms with E-state index in [4.69, 9.17) is 4.52 Å². The lowest BCUT2D eigenvalue weighted by atomic mass is 10.1. The van der Waals surface area contributed by atoms with E-state index < -0.39 is 10.0 Å². The van der Waals surface area contributed by atoms with Gasteiger partial charge in [0.15, 0.2) is 0 Å². The van der Waals surface area contributed by atoms with Gasteiger partial charge in [-0.05, 0) is 49.2 Å². The minimum Gasteiger partial charge on any atom is -0.334 e. The second kappa shape index (κ2) is 6.38. The number of benzene rings is 2. The van der Waals surface area contributed by atoms with E-state index in [2.05, 4.69) is 15.1 Å². The van der Waals surface area contributed by atoms with Crippen molar-refractivity contribution >= 4 is 26.6 Å². The third-order valence-electron chi connectivity index (χ3n) is 5.09. The maximum absolute atomic E-state index is 12.1. The summed E-state index contributed by atoms with van der Waals surface area (Å²) in [6.45, 7) is 1.90. The van der Waals surface area contributed by atoms with Gasteiger partial charge in [-0.25, -0.2) is 13.4 Å². The van der Waals surface area contributed by atoms with Crippen molar-refractivity contribution in [3.05, 3.63) is 60.2 Å². The van der Waals surface area contributed by atoms with Crippen LogP contribution in [0.2, 0.25) is 0 Å². The van der Waals surface area contributed by atoms with Crippen molar-refractivity contribution in [1.82, 2.24) is 15.1 Å². The highest BCUT2D eigenvalue weighted by Gasteiger charge is 2.32. The van der Waals surface area contributed by atoms with E-state index in [1.807, 2.05) is 49.4 Å². The quantitative estimate of drug-likeness (QED) is 0.516. The number of para-hydroxylation sites is 1. The van der Waals surface area contributed by atoms with Gasteiger partial charge >= 0.3 is 0 Å². The van der Waals surface area contributed by atoms with Crippen LogP contribution in [0.3, 0.4) is 0 Å². The molecular formula is C21H18N4O3S. The average Bonchev–Trinajstić information content (AvgIpc) is 3.30. The zero-order chi connectivity index (χ0) is 20.2. The van der Waals surface area contributed by atoms with Gasteiger partial charge in [0.25, 0.3) is 5.89 Å². The highest BCUT2D eigenvalue weighted by Crippen LogP contribution is 2.36. The van der Waals surface area contributed by atoms with Crippen LogP contribution in [0.1, 0.15) is 12.5 Å². The standard InChI is InChI=1S/C21H18N4O3S/c1-13-11-16-12-15(8-10-19(16)25(13)29(2,26)27)21-23-20(24-28-21)18-9-7-14-5-3-4-6-17(14)22-18/h3-10,12-13H,11H2,1-2H3. The minimum atomic E-state index is -3.32. The van der Waals surface area contributed by atoms with Gasteiger partial charge in [-0.15, -0.1) is 0 Å². The molecule has 3 heterocycles. The van der Waals surface area contributed by atoms with Gasteiger partial charge < -0.3 is 4.52 Å². The van der Waals surface area contributed by atoms with Gasteiger partial charge in [-0.1, -0.05) is 29.4 Å². The molecule has 0 saturated heterocycles. The zero-order valence-corrected chi connectivity index (χ0v) is 16.7. The number of nitrogens with zero attached hydrogens (tertiary/aromatic N) is 4. The molecule has 1 aliphatic rings. The monoisotopic (exact) mass is 406 g/mol. The summed E-state index contributed by atoms with van der Waals surface area (Å²) in [4.78, 5) is 9.10. The summed E-state index contributed by atoms with van der Waals surface area (Å²) < 4.78 is 31.1. The predicted molar refractivity (Wildman–Crippen MR) is 111 cm³/mol. The first kappa shape index (κ1) is 17.8. The largest absolute Gasteiger partial charge is 0.334 e. The SMILES string of the molecule is CC1Cc2cc(-c3nc(-c4ccc5ccccc5n4)no3)ccc2N1S(C)(=O)=O. The van der Waals surface area contributed by atoms with Gasteiger partial charge in [0.1, 0.15) is 5.69 Å². The van der Waals surface area contributed by atoms with E-state index in [-0.39, 0.29) is 6.04 Å². The molecule has 146 valence electrons. The van der Waals surface area contributed by atoms with Gasteiger partial charge in [0, 0.05) is 17.0 Å². The highest BCUT2D eigenvalue weighted by molar-refractivity contribution is 7.92. The Labute approximate surface area is 168 Å². The van der Waals surface area contributed by atoms with Gasteiger partial charge in [-0.2, -0.15) is 4.98 Å². The molecule has 4 aromatic rings. The molecule has 0 spiro atoms. The van der Waals surface area contributed by atoms with Crippen molar-refractivity contribution in [2.45, 2.75) is 19.4 Å². The summed E-state index contributed by atoms with van der Waals surface area (Å²) in [6, 6.07) is 17.1. The molecular weight excluding hydrogens is 388 g/mol. The molecule has 0 amide bonds. The van der Waals surface area contributed by atoms with Crippen LogP contribution in [0.25, 0.3) is 33.9 Å². The topological polar surface area (TPSA) is 89.2 Å². The smallest absolute Gasteiger partial charge is 0.258 e. The van der Waals surface area contributed by atoms with Crippen molar-refractivity contribution in [2.75, 3.05) is 10.6 Å². The minimum absolute atomic E-state index is 0.115. The maximum Gasteiger partial charge on any atom is 0.258 e. The first-order valence-corrected chi connectivity index (χ1v) is 11.1. The third kappa shape index (κ3) is 3.05. The van der Waals surface area contributed by atoms with Crippen LogP contribution < -0.4 is 4.31 Å². The normalized spacial score (nSPS) is 16.3. The number of hydrogen-bond donors (Lipinski definition) is 0. The number of sulfonamides is 1. The van der Waals surface area contributed by atoms with E-state index in [9.17, 15) is 8.42 Å². The van der Waals surface area contributed by atoms with Crippen molar-refractivity contribution in [3.63, 3.8) is 0 Å². The molecule has 1 atom stereocenters. The number of aromatic nitrogens is 3. The lowest BCUT2D eigenvalue weighted by molar-refractivity contribution is 0.432. The second-order valence-electron chi connectivity index (χ2n) is 7.27. The average molecular weight is 406 g/mol. The molecule has 1 aliphatic heterocycles. The number of rotatable bonds is 3. The van der Waals surface area contributed by atoms with Crippen LogP contribution >= 0.6 is 0 Å². The Morgan fingerprint density at radius 3 is 2.72 bits per heavy atom. The van der Waals surface area contributed by atoms with E-state index >= 15 is 0 Å². The highest BCUT2D eigenvalue weighted by atomic mass is 32.2. The predicted octanol–water partition coefficient (Wildman–Crippen LogP) is 3.66. The molecule has 0 fully saturated rings. The van der Waals surface area contributed by atoms with E-state index in [0.717, 1.165) is 22.0 Å². The fourth-order valence-electron chi connectivity index (χ4n) is 3.88. The lowest BCUT2D eigenvalue weighted by Gasteiger charge is -2.21. The molecule has 0 saturated carbocycles. The summed E-state index contributed by atoms with van der Waals surface area (Å²) in [7, 11) is -3.32. The fourth-order valence-corrected chi connectivity index (χ4v) is 5.14. The Bertz CT molecular complexity index is 1350. The van der Waals surface area contributed by atoms with Crippen LogP contribution in [-0.4, -0.2) is 35.8 Å². The summed E-state index contributed by atoms with van der Waals surface area (Å²) in [5.74, 6) is 0.792. The number of pyridine rings is 1. The van der Waals surface area contributed by atoms with Crippen molar-refractivity contribution in [2.24, 2.45) is 0 Å². The van der Waals surface area contributed by atoms with Crippen LogP contribution in [0.15, 0.2) is 59.1 Å². The Balaban J connectivity index is 1.50. The van der Waals surface area contributed by atoms with Crippen LogP contribution in [-0.2, 0) is 16.4 Å². The van der Waals surface area contributed by atoms with E-state index in [1.54, 1.807) is 12.1 Å². The Kier molecular flexibility index (Phi) is 3.92. The number of fused-ring (bicyclic) bond motifs is 2. The molecule has 2 aromatic carbocycles. The molecule has 0 N–H and O–H groups in total. The van der Waals surface area contributed by atoms with E-state index in [1.165, 1.54) is 10.6 Å². The van der Waals surface area contributed by atoms with Gasteiger partial charge in [0.2, 0.25) is 15.8 Å². The summed E-state index contributed by atoms with van der Waals surface area (Å²) in [5.41, 5.74) is 3.91. The Morgan fingerprint density at radius 1 is 1.07 bits per heavy atom. The van der Waals surface area contributed by atoms with Gasteiger partial charge in [-0.3, -0.25) is 4.31 Å². The number of hydrogen-bond acceptors (Lipinski definition) is 6. The van der Waals surface area contributed by atoms with Crippen molar-refractivity contribution in [1.29, 1.82) is 0 Å². The summed E-state index contributed by atoms with van der Waals surface area (Å²) in [5, 5.41) is 5.12. The molecule has 0 aliphatic carbocycles. The zero-order valence-electron chi connectivity index (χ0n) is 15.9. The maximum atomic E-state index is 12.1.